The fourth-order valence-electron chi connectivity index (χ4n) is 4.49. The smallest absolute Gasteiger partial charge is 0.462 e. The van der Waals surface area contributed by atoms with Gasteiger partial charge in [-0.25, -0.2) is 4.57 Å². The Morgan fingerprint density at radius 1 is 0.698 bits per heavy atom. The average Bonchev–Trinajstić information content (AvgIpc) is 3.12. The van der Waals surface area contributed by atoms with Crippen molar-refractivity contribution < 1.29 is 58.0 Å². The summed E-state index contributed by atoms with van der Waals surface area (Å²) in [5, 5.41) is 38.2. The van der Waals surface area contributed by atoms with Gasteiger partial charge in [-0.05, 0) is 44.4 Å². The summed E-state index contributed by atoms with van der Waals surface area (Å²) in [4.78, 5) is 34.7. The number of hydrogen-bond acceptors (Lipinski definition) is 11. The second-order valence-electron chi connectivity index (χ2n) is 13.1. The van der Waals surface area contributed by atoms with E-state index in [9.17, 15) is 34.4 Å². The van der Waals surface area contributed by atoms with Crippen molar-refractivity contribution in [2.24, 2.45) is 5.92 Å². The van der Waals surface area contributed by atoms with Gasteiger partial charge < -0.3 is 34.8 Å². The van der Waals surface area contributed by atoms with E-state index in [-0.39, 0.29) is 19.4 Å². The summed E-state index contributed by atoms with van der Waals surface area (Å²) < 4.78 is 32.4. The van der Waals surface area contributed by atoms with E-state index >= 15 is 0 Å². The van der Waals surface area contributed by atoms with Crippen molar-refractivity contribution in [1.29, 1.82) is 0 Å². The molecule has 0 fully saturated rings. The van der Waals surface area contributed by atoms with Crippen molar-refractivity contribution in [2.75, 3.05) is 26.4 Å². The first-order valence-corrected chi connectivity index (χ1v) is 20.5. The molecule has 0 aromatic heterocycles. The Labute approximate surface area is 317 Å². The van der Waals surface area contributed by atoms with Crippen molar-refractivity contribution in [3.8, 4) is 0 Å². The van der Waals surface area contributed by atoms with Crippen molar-refractivity contribution >= 4 is 19.8 Å². The number of aliphatic hydroxyl groups is 4. The molecule has 12 nitrogen and oxygen atoms in total. The van der Waals surface area contributed by atoms with Crippen LogP contribution in [-0.2, 0) is 32.7 Å². The van der Waals surface area contributed by atoms with E-state index in [2.05, 4.69) is 18.4 Å². The first-order chi connectivity index (χ1) is 25.4. The maximum Gasteiger partial charge on any atom is 0.472 e. The summed E-state index contributed by atoms with van der Waals surface area (Å²) in [7, 11) is -4.66. The number of rotatable bonds is 33. The molecule has 304 valence electrons. The Morgan fingerprint density at radius 2 is 1.28 bits per heavy atom. The Morgan fingerprint density at radius 3 is 1.91 bits per heavy atom. The van der Waals surface area contributed by atoms with Gasteiger partial charge in [0.25, 0.3) is 0 Å². The second-order valence-corrected chi connectivity index (χ2v) is 14.6. The van der Waals surface area contributed by atoms with Crippen LogP contribution in [-0.4, -0.2) is 88.1 Å². The highest BCUT2D eigenvalue weighted by atomic mass is 31.2. The molecule has 5 N–H and O–H groups in total. The molecule has 0 aliphatic rings. The van der Waals surface area contributed by atoms with Crippen LogP contribution < -0.4 is 0 Å². The first-order valence-electron chi connectivity index (χ1n) is 19.0. The van der Waals surface area contributed by atoms with Gasteiger partial charge in [-0.3, -0.25) is 18.6 Å². The van der Waals surface area contributed by atoms with Gasteiger partial charge in [0, 0.05) is 12.8 Å². The zero-order valence-electron chi connectivity index (χ0n) is 32.1. The van der Waals surface area contributed by atoms with Crippen molar-refractivity contribution in [1.82, 2.24) is 0 Å². The second kappa shape index (κ2) is 33.9. The number of phosphoric ester groups is 1. The number of hydrogen-bond donors (Lipinski definition) is 5. The fourth-order valence-corrected chi connectivity index (χ4v) is 5.28. The minimum atomic E-state index is -4.66. The molecule has 0 heterocycles. The van der Waals surface area contributed by atoms with Crippen LogP contribution in [0.15, 0.2) is 72.9 Å². The van der Waals surface area contributed by atoms with Crippen LogP contribution in [0.1, 0.15) is 111 Å². The fraction of sp³-hybridized carbons (Fsp3) is 0.650. The summed E-state index contributed by atoms with van der Waals surface area (Å²) in [6.45, 7) is 4.15. The largest absolute Gasteiger partial charge is 0.472 e. The maximum atomic E-state index is 12.5. The van der Waals surface area contributed by atoms with Gasteiger partial charge in [-0.2, -0.15) is 0 Å². The standard InChI is InChI=1S/C40H67O12P/c1-4-5-16-24-35(42)26-19-14-15-20-27-36(43)25-18-11-7-9-13-22-29-40(46)52-38(33-51-53(47,48)50-31-37(44)30-41)32-49-39(45)28-21-12-8-6-10-17-23-34(2)3/h5,9,11,13-16,18-20,26-27,34-38,41-44H,4,6-8,10,12,17,21-25,28-33H2,1-3H3,(H,47,48)/b13-9-,15-14-,16-5-,18-11-,26-19+,27-20+/t35-,36+,37-,38+/m0/s1. The molecule has 0 spiro atoms. The monoisotopic (exact) mass is 770 g/mol. The van der Waals surface area contributed by atoms with Gasteiger partial charge in [0.2, 0.25) is 0 Å². The molecule has 5 atom stereocenters. The molecule has 0 saturated heterocycles. The van der Waals surface area contributed by atoms with Crippen LogP contribution in [0.2, 0.25) is 0 Å². The quantitative estimate of drug-likeness (QED) is 0.0150. The van der Waals surface area contributed by atoms with E-state index in [1.165, 1.54) is 19.3 Å². The van der Waals surface area contributed by atoms with Crippen LogP contribution in [0.4, 0.5) is 0 Å². The van der Waals surface area contributed by atoms with E-state index in [0.717, 1.165) is 25.7 Å². The molecule has 53 heavy (non-hydrogen) atoms. The highest BCUT2D eigenvalue weighted by molar-refractivity contribution is 7.47. The molecule has 0 radical (unpaired) electrons. The Kier molecular flexibility index (Phi) is 32.2. The summed E-state index contributed by atoms with van der Waals surface area (Å²) >= 11 is 0. The topological polar surface area (TPSA) is 189 Å². The Balaban J connectivity index is 4.64. The number of esters is 2. The molecule has 0 aliphatic carbocycles. The molecule has 0 aliphatic heterocycles. The van der Waals surface area contributed by atoms with E-state index in [1.807, 2.05) is 37.3 Å². The number of carbonyl (C=O) groups is 2. The average molecular weight is 771 g/mol. The van der Waals surface area contributed by atoms with Gasteiger partial charge in [-0.1, -0.05) is 132 Å². The summed E-state index contributed by atoms with van der Waals surface area (Å²) in [5.74, 6) is -0.404. The lowest BCUT2D eigenvalue weighted by molar-refractivity contribution is -0.161. The molecule has 0 amide bonds. The predicted octanol–water partition coefficient (Wildman–Crippen LogP) is 7.12. The van der Waals surface area contributed by atoms with Gasteiger partial charge in [0.1, 0.15) is 12.7 Å². The number of unbranched alkanes of at least 4 members (excludes halogenated alkanes) is 5. The first kappa shape index (κ1) is 50.3. The van der Waals surface area contributed by atoms with E-state index in [1.54, 1.807) is 42.5 Å². The van der Waals surface area contributed by atoms with Crippen molar-refractivity contribution in [2.45, 2.75) is 135 Å². The molecular weight excluding hydrogens is 703 g/mol. The predicted molar refractivity (Wildman–Crippen MR) is 208 cm³/mol. The molecule has 1 unspecified atom stereocenters. The SMILES string of the molecule is CC/C=C\C[C@H](O)/C=C/C=C\C=C\[C@H](O)C/C=C\C/C=C\CCC(=O)O[C@H](COC(=O)CCCCCCCCC(C)C)COP(=O)(O)OC[C@@H](O)CO. The molecule has 0 saturated carbocycles. The third-order valence-electron chi connectivity index (χ3n) is 7.48. The lowest BCUT2D eigenvalue weighted by atomic mass is 10.0. The minimum absolute atomic E-state index is 0.00110. The zero-order chi connectivity index (χ0) is 39.6. The van der Waals surface area contributed by atoms with E-state index < -0.39 is 64.0 Å². The van der Waals surface area contributed by atoms with Crippen molar-refractivity contribution in [3.05, 3.63) is 72.9 Å². The van der Waals surface area contributed by atoms with Crippen LogP contribution in [0.5, 0.6) is 0 Å². The Hall–Kier alpha value is -2.67. The molecular formula is C40H67O12P. The van der Waals surface area contributed by atoms with Crippen LogP contribution in [0.3, 0.4) is 0 Å². The molecule has 0 aromatic carbocycles. The van der Waals surface area contributed by atoms with Gasteiger partial charge in [0.15, 0.2) is 6.10 Å². The van der Waals surface area contributed by atoms with Crippen LogP contribution >= 0.6 is 7.82 Å². The van der Waals surface area contributed by atoms with Gasteiger partial charge >= 0.3 is 19.8 Å². The number of ether oxygens (including phenoxy) is 2. The normalized spacial score (nSPS) is 16.1. The maximum absolute atomic E-state index is 12.5. The van der Waals surface area contributed by atoms with Gasteiger partial charge in [-0.15, -0.1) is 0 Å². The lowest BCUT2D eigenvalue weighted by Crippen LogP contribution is -2.29. The van der Waals surface area contributed by atoms with Crippen molar-refractivity contribution in [3.63, 3.8) is 0 Å². The zero-order valence-corrected chi connectivity index (χ0v) is 33.0. The minimum Gasteiger partial charge on any atom is -0.462 e. The number of aliphatic hydroxyl groups excluding tert-OH is 4. The third-order valence-corrected chi connectivity index (χ3v) is 8.43. The highest BCUT2D eigenvalue weighted by Gasteiger charge is 2.27. The highest BCUT2D eigenvalue weighted by Crippen LogP contribution is 2.43. The third kappa shape index (κ3) is 34.8. The molecule has 0 bridgehead atoms. The van der Waals surface area contributed by atoms with Crippen LogP contribution in [0.25, 0.3) is 0 Å². The number of phosphoric acid groups is 1. The molecule has 0 rings (SSSR count). The summed E-state index contributed by atoms with van der Waals surface area (Å²) in [6, 6.07) is 0. The summed E-state index contributed by atoms with van der Waals surface area (Å²) in [5.41, 5.74) is 0. The van der Waals surface area contributed by atoms with Gasteiger partial charge in [0.05, 0.1) is 32.0 Å². The molecule has 13 heteroatoms. The lowest BCUT2D eigenvalue weighted by Gasteiger charge is -2.20. The number of allylic oxidation sites excluding steroid dienone is 8. The Bertz CT molecular complexity index is 1160. The number of carbonyl (C=O) groups excluding carboxylic acids is 2. The van der Waals surface area contributed by atoms with Crippen LogP contribution in [0, 0.1) is 5.92 Å². The summed E-state index contributed by atoms with van der Waals surface area (Å²) in [6.07, 6.45) is 28.5. The van der Waals surface area contributed by atoms with E-state index in [4.69, 9.17) is 19.1 Å². The molecule has 0 aromatic rings. The van der Waals surface area contributed by atoms with E-state index in [0.29, 0.717) is 38.0 Å².